The fraction of sp³-hybridized carbons (Fsp3) is 0.0588. The van der Waals surface area contributed by atoms with E-state index in [0.29, 0.717) is 11.1 Å². The van der Waals surface area contributed by atoms with Crippen LogP contribution in [-0.2, 0) is 0 Å². The molecule has 3 heteroatoms. The average molecular weight is 263 g/mol. The van der Waals surface area contributed by atoms with E-state index in [1.807, 2.05) is 49.4 Å². The number of aryl methyl sites for hydroxylation is 1. The molecule has 20 heavy (non-hydrogen) atoms. The molecule has 0 aliphatic heterocycles. The predicted octanol–water partition coefficient (Wildman–Crippen LogP) is 3.86. The Morgan fingerprint density at radius 2 is 1.80 bits per heavy atom. The number of allylic oxidation sites excluding steroid dienone is 1. The van der Waals surface area contributed by atoms with Crippen LogP contribution in [0.1, 0.15) is 21.5 Å². The van der Waals surface area contributed by atoms with Crippen molar-refractivity contribution in [2.75, 3.05) is 0 Å². The summed E-state index contributed by atoms with van der Waals surface area (Å²) < 4.78 is 0. The van der Waals surface area contributed by atoms with Gasteiger partial charge < -0.3 is 5.11 Å². The van der Waals surface area contributed by atoms with E-state index in [2.05, 4.69) is 4.99 Å². The van der Waals surface area contributed by atoms with Gasteiger partial charge in [0.2, 0.25) is 0 Å². The van der Waals surface area contributed by atoms with E-state index in [4.69, 9.17) is 0 Å². The highest BCUT2D eigenvalue weighted by atomic mass is 16.3. The van der Waals surface area contributed by atoms with Crippen LogP contribution in [0, 0.1) is 6.92 Å². The molecule has 1 aliphatic rings. The van der Waals surface area contributed by atoms with Crippen molar-refractivity contribution < 1.29 is 9.90 Å². The van der Waals surface area contributed by atoms with Gasteiger partial charge >= 0.3 is 0 Å². The second kappa shape index (κ2) is 4.78. The Morgan fingerprint density at radius 1 is 1.05 bits per heavy atom. The summed E-state index contributed by atoms with van der Waals surface area (Å²) in [5.74, 6) is -0.175. The summed E-state index contributed by atoms with van der Waals surface area (Å²) in [6.07, 6.45) is 1.43. The number of hydrogen-bond donors (Lipinski definition) is 1. The quantitative estimate of drug-likeness (QED) is 0.836. The summed E-state index contributed by atoms with van der Waals surface area (Å²) in [5.41, 5.74) is 3.11. The zero-order valence-corrected chi connectivity index (χ0v) is 11.0. The second-order valence-electron chi connectivity index (χ2n) is 4.73. The topological polar surface area (TPSA) is 49.7 Å². The largest absolute Gasteiger partial charge is 0.506 e. The van der Waals surface area contributed by atoms with E-state index in [1.54, 1.807) is 6.07 Å². The molecular weight excluding hydrogens is 250 g/mol. The summed E-state index contributed by atoms with van der Waals surface area (Å²) >= 11 is 0. The van der Waals surface area contributed by atoms with Crippen molar-refractivity contribution in [1.82, 2.24) is 0 Å². The van der Waals surface area contributed by atoms with Crippen LogP contribution < -0.4 is 0 Å². The molecule has 0 spiro atoms. The number of benzene rings is 2. The fourth-order valence-corrected chi connectivity index (χ4v) is 2.22. The zero-order chi connectivity index (χ0) is 14.1. The number of carbonyl (C=O) groups is 1. The molecule has 0 atom stereocenters. The van der Waals surface area contributed by atoms with Gasteiger partial charge in [-0.3, -0.25) is 9.79 Å². The lowest BCUT2D eigenvalue weighted by Gasteiger charge is -1.99. The molecule has 3 rings (SSSR count). The molecule has 0 unspecified atom stereocenters. The Morgan fingerprint density at radius 3 is 2.55 bits per heavy atom. The first kappa shape index (κ1) is 12.4. The lowest BCUT2D eigenvalue weighted by Crippen LogP contribution is -1.99. The Hall–Kier alpha value is -2.68. The Labute approximate surface area is 116 Å². The van der Waals surface area contributed by atoms with Crippen molar-refractivity contribution in [3.05, 3.63) is 70.8 Å². The molecule has 0 radical (unpaired) electrons. The van der Waals surface area contributed by atoms with Gasteiger partial charge in [0.25, 0.3) is 0 Å². The lowest BCUT2D eigenvalue weighted by molar-refractivity contribution is 0.104. The number of aliphatic hydroxyl groups is 1. The Kier molecular flexibility index (Phi) is 2.95. The monoisotopic (exact) mass is 263 g/mol. The summed E-state index contributed by atoms with van der Waals surface area (Å²) in [6.45, 7) is 1.92. The Bertz CT molecular complexity index is 743. The summed E-state index contributed by atoms with van der Waals surface area (Å²) in [7, 11) is 0. The van der Waals surface area contributed by atoms with Crippen LogP contribution in [0.25, 0.3) is 5.76 Å². The standard InChI is InChI=1S/C17H13NO2/c1-11-7-8-13-14(9-11)17(20)15(16(13)19)10-18-12-5-3-2-4-6-12/h2-10,20H,1H3. The van der Waals surface area contributed by atoms with Gasteiger partial charge in [0.15, 0.2) is 5.78 Å². The van der Waals surface area contributed by atoms with Crippen LogP contribution in [-0.4, -0.2) is 17.1 Å². The minimum absolute atomic E-state index is 0.00776. The number of Topliss-reactive ketones (excluding diaryl/α,β-unsaturated/α-hetero) is 1. The van der Waals surface area contributed by atoms with Gasteiger partial charge in [-0.05, 0) is 25.1 Å². The molecule has 2 aromatic rings. The van der Waals surface area contributed by atoms with Crippen LogP contribution in [0.3, 0.4) is 0 Å². The van der Waals surface area contributed by atoms with E-state index in [-0.39, 0.29) is 17.1 Å². The van der Waals surface area contributed by atoms with E-state index < -0.39 is 0 Å². The predicted molar refractivity (Wildman–Crippen MR) is 79.7 cm³/mol. The van der Waals surface area contributed by atoms with Gasteiger partial charge in [0.1, 0.15) is 5.76 Å². The molecule has 0 saturated heterocycles. The minimum atomic E-state index is -0.183. The number of rotatable bonds is 2. The van der Waals surface area contributed by atoms with E-state index >= 15 is 0 Å². The third-order valence-electron chi connectivity index (χ3n) is 3.27. The summed E-state index contributed by atoms with van der Waals surface area (Å²) in [4.78, 5) is 16.5. The van der Waals surface area contributed by atoms with Crippen molar-refractivity contribution in [2.45, 2.75) is 6.92 Å². The molecular formula is C17H13NO2. The normalized spacial score (nSPS) is 14.2. The first-order valence-electron chi connectivity index (χ1n) is 6.35. The maximum Gasteiger partial charge on any atom is 0.199 e. The molecule has 0 aromatic heterocycles. The number of nitrogens with zero attached hydrogens (tertiary/aromatic N) is 1. The molecule has 98 valence electrons. The molecule has 3 nitrogen and oxygen atoms in total. The first-order valence-corrected chi connectivity index (χ1v) is 6.35. The molecule has 0 bridgehead atoms. The third kappa shape index (κ3) is 2.03. The number of para-hydroxylation sites is 1. The number of aliphatic imine (C=N–C) groups is 1. The number of hydrogen-bond acceptors (Lipinski definition) is 3. The van der Waals surface area contributed by atoms with Crippen LogP contribution in [0.15, 0.2) is 59.1 Å². The lowest BCUT2D eigenvalue weighted by atomic mass is 10.1. The maximum atomic E-state index is 12.2. The number of ketones is 1. The third-order valence-corrected chi connectivity index (χ3v) is 3.27. The molecule has 1 N–H and O–H groups in total. The molecule has 2 aromatic carbocycles. The smallest absolute Gasteiger partial charge is 0.199 e. The number of aliphatic hydroxyl groups excluding tert-OH is 1. The van der Waals surface area contributed by atoms with Gasteiger partial charge in [-0.15, -0.1) is 0 Å². The molecule has 0 heterocycles. The Balaban J connectivity index is 1.99. The summed E-state index contributed by atoms with van der Waals surface area (Å²) in [5, 5.41) is 10.2. The van der Waals surface area contributed by atoms with Gasteiger partial charge in [-0.1, -0.05) is 35.9 Å². The summed E-state index contributed by atoms with van der Waals surface area (Å²) in [6, 6.07) is 14.7. The van der Waals surface area contributed by atoms with E-state index in [1.165, 1.54) is 6.21 Å². The van der Waals surface area contributed by atoms with E-state index in [9.17, 15) is 9.90 Å². The molecule has 0 saturated carbocycles. The van der Waals surface area contributed by atoms with Gasteiger partial charge in [-0.2, -0.15) is 0 Å². The highest BCUT2D eigenvalue weighted by Gasteiger charge is 2.28. The highest BCUT2D eigenvalue weighted by Crippen LogP contribution is 2.31. The first-order chi connectivity index (χ1) is 9.66. The SMILES string of the molecule is Cc1ccc2c(c1)C(O)=C(C=Nc1ccccc1)C2=O. The van der Waals surface area contributed by atoms with Gasteiger partial charge in [0, 0.05) is 17.3 Å². The van der Waals surface area contributed by atoms with Crippen molar-refractivity contribution in [3.63, 3.8) is 0 Å². The van der Waals surface area contributed by atoms with Gasteiger partial charge in [-0.25, -0.2) is 0 Å². The van der Waals surface area contributed by atoms with Crippen LogP contribution in [0.2, 0.25) is 0 Å². The maximum absolute atomic E-state index is 12.2. The van der Waals surface area contributed by atoms with Crippen molar-refractivity contribution in [2.24, 2.45) is 4.99 Å². The van der Waals surface area contributed by atoms with Crippen LogP contribution >= 0.6 is 0 Å². The molecule has 0 fully saturated rings. The van der Waals surface area contributed by atoms with Crippen molar-refractivity contribution >= 4 is 23.4 Å². The molecule has 0 amide bonds. The van der Waals surface area contributed by atoms with Crippen LogP contribution in [0.4, 0.5) is 5.69 Å². The van der Waals surface area contributed by atoms with Crippen molar-refractivity contribution in [3.8, 4) is 0 Å². The van der Waals surface area contributed by atoms with Crippen molar-refractivity contribution in [1.29, 1.82) is 0 Å². The highest BCUT2D eigenvalue weighted by molar-refractivity contribution is 6.30. The number of fused-ring (bicyclic) bond motifs is 1. The fourth-order valence-electron chi connectivity index (χ4n) is 2.22. The average Bonchev–Trinajstić information content (AvgIpc) is 2.70. The minimum Gasteiger partial charge on any atom is -0.506 e. The second-order valence-corrected chi connectivity index (χ2v) is 4.73. The zero-order valence-electron chi connectivity index (χ0n) is 11.0. The van der Waals surface area contributed by atoms with Gasteiger partial charge in [0.05, 0.1) is 11.3 Å². The van der Waals surface area contributed by atoms with E-state index in [0.717, 1.165) is 11.3 Å². The van der Waals surface area contributed by atoms with Crippen LogP contribution in [0.5, 0.6) is 0 Å². The molecule has 1 aliphatic carbocycles. The number of carbonyl (C=O) groups excluding carboxylic acids is 1.